The van der Waals surface area contributed by atoms with Gasteiger partial charge in [-0.1, -0.05) is 26.0 Å². The molecule has 0 bridgehead atoms. The first-order valence-electron chi connectivity index (χ1n) is 7.88. The molecule has 2 N–H and O–H groups in total. The second-order valence-corrected chi connectivity index (χ2v) is 5.95. The standard InChI is InChI=1S/C17H24N2O3/c1-3-12(2)13-6-8-14(9-7-13)18-16(20)11-19-10-4-5-15(19)17(21)22/h6-9,12,15H,3-5,10-11H2,1-2H3,(H,18,20)(H,21,22)/t12?,15-/m1/s1. The van der Waals surface area contributed by atoms with Crippen LogP contribution in [0.2, 0.25) is 0 Å². The van der Waals surface area contributed by atoms with E-state index >= 15 is 0 Å². The predicted molar refractivity (Wildman–Crippen MR) is 86.0 cm³/mol. The van der Waals surface area contributed by atoms with Gasteiger partial charge in [-0.3, -0.25) is 14.5 Å². The maximum Gasteiger partial charge on any atom is 0.320 e. The summed E-state index contributed by atoms with van der Waals surface area (Å²) in [6, 6.07) is 7.33. The number of hydrogen-bond donors (Lipinski definition) is 2. The minimum absolute atomic E-state index is 0.129. The van der Waals surface area contributed by atoms with E-state index < -0.39 is 12.0 Å². The summed E-state index contributed by atoms with van der Waals surface area (Å²) in [5, 5.41) is 12.0. The molecule has 1 aromatic rings. The Kier molecular flexibility index (Phi) is 5.55. The number of carboxylic acid groups (broad SMARTS) is 1. The van der Waals surface area contributed by atoms with Crippen LogP contribution in [0.3, 0.4) is 0 Å². The number of nitrogens with one attached hydrogen (secondary N) is 1. The molecule has 1 amide bonds. The Hall–Kier alpha value is -1.88. The minimum Gasteiger partial charge on any atom is -0.480 e. The fraction of sp³-hybridized carbons (Fsp3) is 0.529. The Balaban J connectivity index is 1.90. The van der Waals surface area contributed by atoms with Crippen molar-refractivity contribution in [2.24, 2.45) is 0 Å². The molecule has 0 aromatic heterocycles. The molecule has 1 saturated heterocycles. The van der Waals surface area contributed by atoms with Crippen LogP contribution in [0.15, 0.2) is 24.3 Å². The van der Waals surface area contributed by atoms with Gasteiger partial charge >= 0.3 is 5.97 Å². The molecule has 1 aliphatic rings. The lowest BCUT2D eigenvalue weighted by Crippen LogP contribution is -2.40. The van der Waals surface area contributed by atoms with Gasteiger partial charge in [0, 0.05) is 5.69 Å². The molecule has 1 aliphatic heterocycles. The van der Waals surface area contributed by atoms with Crippen LogP contribution < -0.4 is 5.32 Å². The van der Waals surface area contributed by atoms with Gasteiger partial charge in [-0.25, -0.2) is 0 Å². The Morgan fingerprint density at radius 3 is 2.64 bits per heavy atom. The molecule has 5 nitrogen and oxygen atoms in total. The number of anilines is 1. The van der Waals surface area contributed by atoms with Gasteiger partial charge in [-0.2, -0.15) is 0 Å². The van der Waals surface area contributed by atoms with Crippen LogP contribution in [-0.4, -0.2) is 41.0 Å². The van der Waals surface area contributed by atoms with Gasteiger partial charge in [-0.15, -0.1) is 0 Å². The molecule has 5 heteroatoms. The lowest BCUT2D eigenvalue weighted by atomic mass is 9.99. The zero-order valence-corrected chi connectivity index (χ0v) is 13.2. The van der Waals surface area contributed by atoms with Crippen LogP contribution in [0.5, 0.6) is 0 Å². The third-order valence-electron chi connectivity index (χ3n) is 4.37. The van der Waals surface area contributed by atoms with E-state index in [1.807, 2.05) is 24.3 Å². The average Bonchev–Trinajstić information content (AvgIpc) is 2.95. The molecule has 1 aromatic carbocycles. The topological polar surface area (TPSA) is 69.6 Å². The number of amides is 1. The van der Waals surface area contributed by atoms with Crippen molar-refractivity contribution in [2.75, 3.05) is 18.4 Å². The van der Waals surface area contributed by atoms with E-state index in [1.54, 1.807) is 4.90 Å². The van der Waals surface area contributed by atoms with Crippen molar-refractivity contribution in [3.8, 4) is 0 Å². The first-order valence-corrected chi connectivity index (χ1v) is 7.88. The molecule has 0 aliphatic carbocycles. The van der Waals surface area contributed by atoms with Crippen molar-refractivity contribution in [2.45, 2.75) is 45.1 Å². The second kappa shape index (κ2) is 7.40. The highest BCUT2D eigenvalue weighted by Crippen LogP contribution is 2.21. The minimum atomic E-state index is -0.844. The lowest BCUT2D eigenvalue weighted by Gasteiger charge is -2.20. The summed E-state index contributed by atoms with van der Waals surface area (Å²) in [6.07, 6.45) is 2.53. The molecule has 22 heavy (non-hydrogen) atoms. The van der Waals surface area contributed by atoms with Gasteiger partial charge in [0.1, 0.15) is 6.04 Å². The highest BCUT2D eigenvalue weighted by atomic mass is 16.4. The molecule has 2 rings (SSSR count). The van der Waals surface area contributed by atoms with Crippen LogP contribution in [-0.2, 0) is 9.59 Å². The molecule has 1 fully saturated rings. The maximum absolute atomic E-state index is 12.1. The smallest absolute Gasteiger partial charge is 0.320 e. The predicted octanol–water partition coefficient (Wildman–Crippen LogP) is 2.69. The summed E-state index contributed by atoms with van der Waals surface area (Å²) in [5.74, 6) is -0.502. The van der Waals surface area contributed by atoms with E-state index in [0.29, 0.717) is 18.9 Å². The highest BCUT2D eigenvalue weighted by molar-refractivity contribution is 5.92. The van der Waals surface area contributed by atoms with E-state index in [1.165, 1.54) is 5.56 Å². The largest absolute Gasteiger partial charge is 0.480 e. The van der Waals surface area contributed by atoms with Crippen LogP contribution >= 0.6 is 0 Å². The molecule has 2 atom stereocenters. The van der Waals surface area contributed by atoms with Crippen molar-refractivity contribution in [1.82, 2.24) is 4.90 Å². The zero-order valence-electron chi connectivity index (χ0n) is 13.2. The Morgan fingerprint density at radius 2 is 2.05 bits per heavy atom. The van der Waals surface area contributed by atoms with E-state index in [4.69, 9.17) is 5.11 Å². The third-order valence-corrected chi connectivity index (χ3v) is 4.37. The number of likely N-dealkylation sites (tertiary alicyclic amines) is 1. The number of hydrogen-bond acceptors (Lipinski definition) is 3. The van der Waals surface area contributed by atoms with Crippen LogP contribution in [0.1, 0.15) is 44.6 Å². The number of carboxylic acids is 1. The molecular weight excluding hydrogens is 280 g/mol. The van der Waals surface area contributed by atoms with Gasteiger partial charge in [0.05, 0.1) is 6.54 Å². The van der Waals surface area contributed by atoms with Crippen LogP contribution in [0, 0.1) is 0 Å². The molecule has 1 heterocycles. The molecule has 120 valence electrons. The number of carbonyl (C=O) groups excluding carboxylic acids is 1. The molecule has 0 saturated carbocycles. The highest BCUT2D eigenvalue weighted by Gasteiger charge is 2.31. The fourth-order valence-corrected chi connectivity index (χ4v) is 2.81. The molecule has 0 radical (unpaired) electrons. The van der Waals surface area contributed by atoms with Crippen LogP contribution in [0.4, 0.5) is 5.69 Å². The zero-order chi connectivity index (χ0) is 16.1. The molecule has 0 spiro atoms. The summed E-state index contributed by atoms with van der Waals surface area (Å²) in [4.78, 5) is 24.9. The lowest BCUT2D eigenvalue weighted by molar-refractivity contribution is -0.142. The summed E-state index contributed by atoms with van der Waals surface area (Å²) in [6.45, 7) is 5.11. The van der Waals surface area contributed by atoms with Gasteiger partial charge in [0.2, 0.25) is 5.91 Å². The number of carbonyl (C=O) groups is 2. The van der Waals surface area contributed by atoms with Crippen molar-refractivity contribution in [3.63, 3.8) is 0 Å². The molecular formula is C17H24N2O3. The quantitative estimate of drug-likeness (QED) is 0.848. The van der Waals surface area contributed by atoms with Gasteiger partial charge in [0.15, 0.2) is 0 Å². The Bertz CT molecular complexity index is 527. The van der Waals surface area contributed by atoms with Crippen molar-refractivity contribution in [1.29, 1.82) is 0 Å². The summed E-state index contributed by atoms with van der Waals surface area (Å²) in [7, 11) is 0. The Labute approximate surface area is 131 Å². The summed E-state index contributed by atoms with van der Waals surface area (Å²) < 4.78 is 0. The van der Waals surface area contributed by atoms with Crippen LogP contribution in [0.25, 0.3) is 0 Å². The van der Waals surface area contributed by atoms with E-state index in [-0.39, 0.29) is 12.5 Å². The third kappa shape index (κ3) is 4.07. The van der Waals surface area contributed by atoms with Gasteiger partial charge in [0.25, 0.3) is 0 Å². The van der Waals surface area contributed by atoms with Gasteiger partial charge < -0.3 is 10.4 Å². The number of aliphatic carboxylic acids is 1. The Morgan fingerprint density at radius 1 is 1.36 bits per heavy atom. The number of nitrogens with zero attached hydrogens (tertiary/aromatic N) is 1. The SMILES string of the molecule is CCC(C)c1ccc(NC(=O)CN2CCC[C@@H]2C(=O)O)cc1. The van der Waals surface area contributed by atoms with Crippen molar-refractivity contribution < 1.29 is 14.7 Å². The fourth-order valence-electron chi connectivity index (χ4n) is 2.81. The number of rotatable bonds is 6. The van der Waals surface area contributed by atoms with E-state index in [2.05, 4.69) is 19.2 Å². The summed E-state index contributed by atoms with van der Waals surface area (Å²) >= 11 is 0. The normalized spacial score (nSPS) is 19.8. The first kappa shape index (κ1) is 16.5. The van der Waals surface area contributed by atoms with Crippen molar-refractivity contribution >= 4 is 17.6 Å². The monoisotopic (exact) mass is 304 g/mol. The van der Waals surface area contributed by atoms with Gasteiger partial charge in [-0.05, 0) is 49.4 Å². The second-order valence-electron chi connectivity index (χ2n) is 5.95. The summed E-state index contributed by atoms with van der Waals surface area (Å²) in [5.41, 5.74) is 2.01. The van der Waals surface area contributed by atoms with E-state index in [0.717, 1.165) is 18.5 Å². The molecule has 1 unspecified atom stereocenters. The van der Waals surface area contributed by atoms with E-state index in [9.17, 15) is 9.59 Å². The average molecular weight is 304 g/mol. The first-order chi connectivity index (χ1) is 10.5. The maximum atomic E-state index is 12.1. The number of benzene rings is 1. The van der Waals surface area contributed by atoms with Crippen molar-refractivity contribution in [3.05, 3.63) is 29.8 Å².